The fraction of sp³-hybridized carbons (Fsp3) is 0.222. The van der Waals surface area contributed by atoms with Crippen LogP contribution >= 0.6 is 11.6 Å². The summed E-state index contributed by atoms with van der Waals surface area (Å²) >= 11 is 5.73. The average molecular weight is 385 g/mol. The van der Waals surface area contributed by atoms with E-state index in [9.17, 15) is 4.79 Å². The summed E-state index contributed by atoms with van der Waals surface area (Å²) in [6, 6.07) is 7.64. The quantitative estimate of drug-likeness (QED) is 0.716. The minimum absolute atomic E-state index is 0.0437. The maximum absolute atomic E-state index is 12.4. The highest BCUT2D eigenvalue weighted by atomic mass is 35.5. The number of rotatable bonds is 4. The first-order valence-electron chi connectivity index (χ1n) is 8.45. The van der Waals surface area contributed by atoms with Crippen LogP contribution in [0.25, 0.3) is 5.82 Å². The van der Waals surface area contributed by atoms with E-state index in [1.54, 1.807) is 6.20 Å². The van der Waals surface area contributed by atoms with E-state index in [-0.39, 0.29) is 12.0 Å². The summed E-state index contributed by atoms with van der Waals surface area (Å²) in [5.74, 6) is 0.218. The Morgan fingerprint density at radius 3 is 2.78 bits per heavy atom. The van der Waals surface area contributed by atoms with Crippen molar-refractivity contribution >= 4 is 23.2 Å². The Bertz CT molecular complexity index is 920. The molecule has 1 aliphatic heterocycles. The third-order valence-electron chi connectivity index (χ3n) is 4.15. The number of morpholine rings is 1. The molecule has 2 aromatic heterocycles. The smallest absolute Gasteiger partial charge is 0.258 e. The van der Waals surface area contributed by atoms with Crippen LogP contribution in [0.3, 0.4) is 0 Å². The summed E-state index contributed by atoms with van der Waals surface area (Å²) in [5, 5.41) is 10.6. The molecule has 1 aliphatic rings. The second kappa shape index (κ2) is 7.83. The first-order valence-corrected chi connectivity index (χ1v) is 8.83. The lowest BCUT2D eigenvalue weighted by Gasteiger charge is -2.24. The number of hydrogen-bond donors (Lipinski definition) is 2. The van der Waals surface area contributed by atoms with Gasteiger partial charge in [-0.1, -0.05) is 23.7 Å². The first kappa shape index (κ1) is 17.6. The van der Waals surface area contributed by atoms with Crippen LogP contribution in [0.4, 0.5) is 5.69 Å². The molecule has 0 aliphatic carbocycles. The zero-order valence-electron chi connectivity index (χ0n) is 14.3. The average Bonchev–Trinajstić information content (AvgIpc) is 3.20. The highest BCUT2D eigenvalue weighted by Crippen LogP contribution is 2.21. The lowest BCUT2D eigenvalue weighted by atomic mass is 10.1. The molecule has 4 rings (SSSR count). The Hall–Kier alpha value is -2.81. The molecule has 9 heteroatoms. The molecule has 2 N–H and O–H groups in total. The molecule has 1 atom stereocenters. The van der Waals surface area contributed by atoms with Crippen molar-refractivity contribution in [3.8, 4) is 5.82 Å². The summed E-state index contributed by atoms with van der Waals surface area (Å²) in [4.78, 5) is 20.5. The van der Waals surface area contributed by atoms with Gasteiger partial charge in [0.25, 0.3) is 5.91 Å². The number of nitrogens with one attached hydrogen (secondary N) is 2. The first-order chi connectivity index (χ1) is 13.2. The minimum atomic E-state index is -0.258. The van der Waals surface area contributed by atoms with Gasteiger partial charge >= 0.3 is 0 Å². The predicted octanol–water partition coefficient (Wildman–Crippen LogP) is 2.23. The van der Waals surface area contributed by atoms with Crippen LogP contribution in [0.15, 0.2) is 49.1 Å². The second-order valence-corrected chi connectivity index (χ2v) is 6.40. The SMILES string of the molecule is O=C(Nc1ccc(C2CNCCO2)cc1)c1cnn(-c2cnc(Cl)cn2)c1. The van der Waals surface area contributed by atoms with Crippen molar-refractivity contribution in [3.63, 3.8) is 0 Å². The number of anilines is 1. The molecule has 0 radical (unpaired) electrons. The third kappa shape index (κ3) is 4.13. The summed E-state index contributed by atoms with van der Waals surface area (Å²) in [7, 11) is 0. The van der Waals surface area contributed by atoms with Crippen LogP contribution in [0, 0.1) is 0 Å². The molecule has 0 saturated carbocycles. The number of nitrogens with zero attached hydrogens (tertiary/aromatic N) is 4. The van der Waals surface area contributed by atoms with Gasteiger partial charge in [-0.15, -0.1) is 0 Å². The lowest BCUT2D eigenvalue weighted by molar-refractivity contribution is 0.0277. The number of amides is 1. The van der Waals surface area contributed by atoms with E-state index < -0.39 is 0 Å². The number of benzene rings is 1. The summed E-state index contributed by atoms with van der Waals surface area (Å²) < 4.78 is 7.19. The molecule has 27 heavy (non-hydrogen) atoms. The number of halogens is 1. The molecular formula is C18H17ClN6O2. The molecule has 0 spiro atoms. The maximum atomic E-state index is 12.4. The van der Waals surface area contributed by atoms with Gasteiger partial charge in [0.2, 0.25) is 0 Å². The highest BCUT2D eigenvalue weighted by Gasteiger charge is 2.16. The standard InChI is InChI=1S/C18H17ClN6O2/c19-16-9-22-17(10-21-16)25-11-13(7-23-25)18(26)24-14-3-1-12(2-4-14)15-8-20-5-6-27-15/h1-4,7,9-11,15,20H,5-6,8H2,(H,24,26). The summed E-state index contributed by atoms with van der Waals surface area (Å²) in [5.41, 5.74) is 2.19. The van der Waals surface area contributed by atoms with Crippen LogP contribution in [-0.4, -0.2) is 45.4 Å². The zero-order valence-corrected chi connectivity index (χ0v) is 15.1. The molecule has 1 saturated heterocycles. The van der Waals surface area contributed by atoms with E-state index in [2.05, 4.69) is 25.7 Å². The largest absolute Gasteiger partial charge is 0.371 e. The fourth-order valence-corrected chi connectivity index (χ4v) is 2.85. The molecule has 3 aromatic rings. The molecule has 1 fully saturated rings. The summed E-state index contributed by atoms with van der Waals surface area (Å²) in [6.07, 6.45) is 6.01. The van der Waals surface area contributed by atoms with Crippen molar-refractivity contribution in [1.29, 1.82) is 0 Å². The maximum Gasteiger partial charge on any atom is 0.258 e. The van der Waals surface area contributed by atoms with Gasteiger partial charge in [0, 0.05) is 25.0 Å². The van der Waals surface area contributed by atoms with Crippen molar-refractivity contribution in [1.82, 2.24) is 25.1 Å². The molecule has 0 bridgehead atoms. The van der Waals surface area contributed by atoms with Crippen LogP contribution in [0.5, 0.6) is 0 Å². The number of ether oxygens (including phenoxy) is 1. The van der Waals surface area contributed by atoms with E-state index in [0.717, 1.165) is 18.7 Å². The fourth-order valence-electron chi connectivity index (χ4n) is 2.75. The van der Waals surface area contributed by atoms with Crippen LogP contribution in [-0.2, 0) is 4.74 Å². The van der Waals surface area contributed by atoms with Gasteiger partial charge in [-0.05, 0) is 17.7 Å². The van der Waals surface area contributed by atoms with Crippen molar-refractivity contribution in [2.24, 2.45) is 0 Å². The van der Waals surface area contributed by atoms with Crippen molar-refractivity contribution < 1.29 is 9.53 Å². The Labute approximate surface area is 160 Å². The normalized spacial score (nSPS) is 16.9. The molecule has 1 amide bonds. The Kier molecular flexibility index (Phi) is 5.10. The van der Waals surface area contributed by atoms with E-state index in [1.165, 1.54) is 23.3 Å². The topological polar surface area (TPSA) is 94.0 Å². The van der Waals surface area contributed by atoms with Crippen molar-refractivity contribution in [2.75, 3.05) is 25.0 Å². The van der Waals surface area contributed by atoms with Crippen LogP contribution in [0.1, 0.15) is 22.0 Å². The molecule has 1 unspecified atom stereocenters. The van der Waals surface area contributed by atoms with Gasteiger partial charge in [-0.2, -0.15) is 5.10 Å². The van der Waals surface area contributed by atoms with Gasteiger partial charge in [-0.25, -0.2) is 14.6 Å². The van der Waals surface area contributed by atoms with E-state index >= 15 is 0 Å². The number of carbonyl (C=O) groups is 1. The number of hydrogen-bond acceptors (Lipinski definition) is 6. The third-order valence-corrected chi connectivity index (χ3v) is 4.35. The molecule has 8 nitrogen and oxygen atoms in total. The Morgan fingerprint density at radius 1 is 1.22 bits per heavy atom. The van der Waals surface area contributed by atoms with E-state index in [4.69, 9.17) is 16.3 Å². The van der Waals surface area contributed by atoms with E-state index in [0.29, 0.717) is 28.8 Å². The molecule has 138 valence electrons. The van der Waals surface area contributed by atoms with Gasteiger partial charge in [0.15, 0.2) is 5.82 Å². The predicted molar refractivity (Wildman–Crippen MR) is 100 cm³/mol. The molecule has 3 heterocycles. The molecule has 1 aromatic carbocycles. The van der Waals surface area contributed by atoms with Gasteiger partial charge in [-0.3, -0.25) is 4.79 Å². The van der Waals surface area contributed by atoms with Gasteiger partial charge in [0.05, 0.1) is 36.9 Å². The van der Waals surface area contributed by atoms with Crippen LogP contribution in [0.2, 0.25) is 5.15 Å². The van der Waals surface area contributed by atoms with Crippen molar-refractivity contribution in [2.45, 2.75) is 6.10 Å². The Morgan fingerprint density at radius 2 is 2.07 bits per heavy atom. The van der Waals surface area contributed by atoms with Gasteiger partial charge in [0.1, 0.15) is 5.15 Å². The molecular weight excluding hydrogens is 368 g/mol. The summed E-state index contributed by atoms with van der Waals surface area (Å²) in [6.45, 7) is 2.36. The lowest BCUT2D eigenvalue weighted by Crippen LogP contribution is -2.33. The van der Waals surface area contributed by atoms with Crippen molar-refractivity contribution in [3.05, 3.63) is 65.3 Å². The highest BCUT2D eigenvalue weighted by molar-refractivity contribution is 6.29. The monoisotopic (exact) mass is 384 g/mol. The number of aromatic nitrogens is 4. The minimum Gasteiger partial charge on any atom is -0.371 e. The number of carbonyl (C=O) groups excluding carboxylic acids is 1. The second-order valence-electron chi connectivity index (χ2n) is 6.01. The zero-order chi connectivity index (χ0) is 18.6. The van der Waals surface area contributed by atoms with E-state index in [1.807, 2.05) is 24.3 Å². The van der Waals surface area contributed by atoms with Crippen LogP contribution < -0.4 is 10.6 Å². The van der Waals surface area contributed by atoms with Gasteiger partial charge < -0.3 is 15.4 Å². The Balaban J connectivity index is 1.42.